The van der Waals surface area contributed by atoms with Crippen LogP contribution >= 0.6 is 11.6 Å². The Labute approximate surface area is 215 Å². The molecule has 2 heterocycles. The summed E-state index contributed by atoms with van der Waals surface area (Å²) in [5, 5.41) is 6.99. The number of benzene rings is 1. The van der Waals surface area contributed by atoms with Crippen molar-refractivity contribution in [3.63, 3.8) is 0 Å². The van der Waals surface area contributed by atoms with Crippen molar-refractivity contribution in [1.82, 2.24) is 14.8 Å². The van der Waals surface area contributed by atoms with Gasteiger partial charge in [-0.3, -0.25) is 14.3 Å². The lowest BCUT2D eigenvalue weighted by atomic mass is 9.84. The van der Waals surface area contributed by atoms with Gasteiger partial charge in [-0.2, -0.15) is 5.10 Å². The Bertz CT molecular complexity index is 1300. The van der Waals surface area contributed by atoms with Crippen LogP contribution in [-0.4, -0.2) is 26.5 Å². The molecule has 4 rings (SSSR count). The highest BCUT2D eigenvalue weighted by Gasteiger charge is 2.24. The molecule has 8 heteroatoms. The lowest BCUT2D eigenvalue weighted by molar-refractivity contribution is -0.121. The van der Waals surface area contributed by atoms with Gasteiger partial charge in [0.15, 0.2) is 11.6 Å². The fourth-order valence-electron chi connectivity index (χ4n) is 4.54. The summed E-state index contributed by atoms with van der Waals surface area (Å²) in [6.45, 7) is 2.16. The smallest absolute Gasteiger partial charge is 0.276 e. The van der Waals surface area contributed by atoms with Crippen molar-refractivity contribution in [3.05, 3.63) is 76.5 Å². The van der Waals surface area contributed by atoms with Gasteiger partial charge in [-0.15, -0.1) is 0 Å². The van der Waals surface area contributed by atoms with Gasteiger partial charge >= 0.3 is 0 Å². The Morgan fingerprint density at radius 3 is 2.58 bits per heavy atom. The van der Waals surface area contributed by atoms with E-state index in [1.807, 2.05) is 30.3 Å². The first-order valence-corrected chi connectivity index (χ1v) is 12.5. The Morgan fingerprint density at radius 1 is 1.08 bits per heavy atom. The van der Waals surface area contributed by atoms with Gasteiger partial charge in [0.2, 0.25) is 0 Å². The molecule has 1 unspecified atom stereocenters. The highest BCUT2D eigenvalue weighted by molar-refractivity contribution is 6.34. The zero-order valence-corrected chi connectivity index (χ0v) is 20.9. The van der Waals surface area contributed by atoms with E-state index in [1.54, 1.807) is 11.6 Å². The van der Waals surface area contributed by atoms with Crippen molar-refractivity contribution in [2.24, 2.45) is 11.8 Å². The van der Waals surface area contributed by atoms with E-state index in [9.17, 15) is 14.0 Å². The van der Waals surface area contributed by atoms with Gasteiger partial charge in [0.25, 0.3) is 5.91 Å². The molecule has 3 aromatic rings. The number of Topliss-reactive ketones (excluding diaryl/α,β-unsaturated/α-hetero) is 1. The van der Waals surface area contributed by atoms with Crippen LogP contribution in [0.15, 0.2) is 48.8 Å². The highest BCUT2D eigenvalue weighted by Crippen LogP contribution is 2.29. The predicted molar refractivity (Wildman–Crippen MR) is 137 cm³/mol. The van der Waals surface area contributed by atoms with Gasteiger partial charge in [0, 0.05) is 29.8 Å². The highest BCUT2D eigenvalue weighted by atomic mass is 35.5. The summed E-state index contributed by atoms with van der Waals surface area (Å²) in [5.41, 5.74) is 1.36. The molecule has 1 N–H and O–H groups in total. The zero-order chi connectivity index (χ0) is 25.5. The number of pyridine rings is 1. The first kappa shape index (κ1) is 25.6. The number of nitrogens with zero attached hydrogens (tertiary/aromatic N) is 3. The molecule has 2 atom stereocenters. The van der Waals surface area contributed by atoms with E-state index in [0.717, 1.165) is 44.1 Å². The van der Waals surface area contributed by atoms with Gasteiger partial charge in [-0.1, -0.05) is 54.5 Å². The van der Waals surface area contributed by atoms with Crippen molar-refractivity contribution in [3.8, 4) is 11.8 Å². The Hall–Kier alpha value is -3.50. The number of hydrogen-bond acceptors (Lipinski definition) is 4. The van der Waals surface area contributed by atoms with Crippen molar-refractivity contribution < 1.29 is 14.0 Å². The molecule has 1 amide bonds. The molecule has 0 spiro atoms. The lowest BCUT2D eigenvalue weighted by Gasteiger charge is -2.24. The zero-order valence-electron chi connectivity index (χ0n) is 20.1. The number of carbonyl (C=O) groups is 2. The summed E-state index contributed by atoms with van der Waals surface area (Å²) in [7, 11) is 0. The van der Waals surface area contributed by atoms with Crippen LogP contribution in [0.3, 0.4) is 0 Å². The average Bonchev–Trinajstić information content (AvgIpc) is 3.21. The Balaban J connectivity index is 1.45. The van der Waals surface area contributed by atoms with Crippen molar-refractivity contribution >= 4 is 29.1 Å². The van der Waals surface area contributed by atoms with Crippen molar-refractivity contribution in [2.45, 2.75) is 52.0 Å². The third kappa shape index (κ3) is 6.58. The molecular formula is C28H28ClFN4O2. The standard InChI is InChI=1S/C28H28ClFN4O2/c1-19(35)23-10-6-5-9-21(13-14-23)18-34-26(24(29)17-32-34)28(36)33-27-25(30)15-22(16-31-27)12-11-20-7-3-2-4-8-20/h2-4,7-8,15-17,21,23H,5-6,9-10,13-14,18H2,1H3,(H,31,33,36)/t21-,23?/m1/s1. The fraction of sp³-hybridized carbons (Fsp3) is 0.357. The Kier molecular flexibility index (Phi) is 8.50. The summed E-state index contributed by atoms with van der Waals surface area (Å²) >= 11 is 6.29. The van der Waals surface area contributed by atoms with Crippen molar-refractivity contribution in [2.75, 3.05) is 5.32 Å². The molecule has 1 aliphatic rings. The molecule has 1 saturated carbocycles. The number of halogens is 2. The van der Waals surface area contributed by atoms with E-state index in [0.29, 0.717) is 12.1 Å². The Morgan fingerprint density at radius 2 is 1.83 bits per heavy atom. The average molecular weight is 507 g/mol. The SMILES string of the molecule is CC(=O)C1CCCC[C@@H](Cn2ncc(Cl)c2C(=O)Nc2ncc(C#Cc3ccccc3)cc2F)CC1. The topological polar surface area (TPSA) is 76.9 Å². The van der Waals surface area contributed by atoms with Gasteiger partial charge in [0.1, 0.15) is 11.5 Å². The third-order valence-corrected chi connectivity index (χ3v) is 6.83. The summed E-state index contributed by atoms with van der Waals surface area (Å²) in [6.07, 6.45) is 8.53. The molecule has 6 nitrogen and oxygen atoms in total. The number of rotatable bonds is 5. The normalized spacial score (nSPS) is 17.9. The summed E-state index contributed by atoms with van der Waals surface area (Å²) in [5.74, 6) is 4.95. The minimum atomic E-state index is -0.694. The summed E-state index contributed by atoms with van der Waals surface area (Å²) < 4.78 is 16.3. The maximum absolute atomic E-state index is 14.7. The van der Waals surface area contributed by atoms with E-state index in [2.05, 4.69) is 27.2 Å². The lowest BCUT2D eigenvalue weighted by Crippen LogP contribution is -2.23. The summed E-state index contributed by atoms with van der Waals surface area (Å²) in [6, 6.07) is 10.6. The molecule has 0 radical (unpaired) electrons. The predicted octanol–water partition coefficient (Wildman–Crippen LogP) is 5.90. The second kappa shape index (κ2) is 12.0. The molecule has 1 aliphatic carbocycles. The minimum absolute atomic E-state index is 0.103. The number of ketones is 1. The van der Waals surface area contributed by atoms with Gasteiger partial charge < -0.3 is 5.32 Å². The van der Waals surface area contributed by atoms with Crippen LogP contribution in [0.25, 0.3) is 0 Å². The largest absolute Gasteiger partial charge is 0.303 e. The quantitative estimate of drug-likeness (QED) is 0.437. The molecule has 0 bridgehead atoms. The van der Waals surface area contributed by atoms with E-state index in [4.69, 9.17) is 11.6 Å². The molecule has 1 aromatic carbocycles. The van der Waals surface area contributed by atoms with Gasteiger partial charge in [0.05, 0.1) is 11.2 Å². The maximum Gasteiger partial charge on any atom is 0.276 e. The maximum atomic E-state index is 14.7. The van der Waals surface area contributed by atoms with E-state index >= 15 is 0 Å². The molecular weight excluding hydrogens is 479 g/mol. The number of amides is 1. The monoisotopic (exact) mass is 506 g/mol. The van der Waals surface area contributed by atoms with E-state index in [1.165, 1.54) is 18.5 Å². The molecule has 36 heavy (non-hydrogen) atoms. The van der Waals surface area contributed by atoms with E-state index < -0.39 is 11.7 Å². The summed E-state index contributed by atoms with van der Waals surface area (Å²) in [4.78, 5) is 29.0. The number of anilines is 1. The molecule has 2 aromatic heterocycles. The van der Waals surface area contributed by atoms with Crippen molar-refractivity contribution in [1.29, 1.82) is 0 Å². The first-order valence-electron chi connectivity index (χ1n) is 12.2. The molecule has 186 valence electrons. The van der Waals surface area contributed by atoms with Gasteiger partial charge in [-0.25, -0.2) is 9.37 Å². The minimum Gasteiger partial charge on any atom is -0.303 e. The van der Waals surface area contributed by atoms with Crippen LogP contribution in [-0.2, 0) is 11.3 Å². The van der Waals surface area contributed by atoms with Crippen LogP contribution in [0.5, 0.6) is 0 Å². The number of nitrogens with one attached hydrogen (secondary N) is 1. The molecule has 0 saturated heterocycles. The molecule has 0 aliphatic heterocycles. The van der Waals surface area contributed by atoms with Gasteiger partial charge in [-0.05, 0) is 56.7 Å². The van der Waals surface area contributed by atoms with Crippen LogP contribution in [0.4, 0.5) is 10.2 Å². The second-order valence-electron chi connectivity index (χ2n) is 9.18. The fourth-order valence-corrected chi connectivity index (χ4v) is 4.77. The number of carbonyl (C=O) groups excluding carboxylic acids is 2. The van der Waals surface area contributed by atoms with E-state index in [-0.39, 0.29) is 34.2 Å². The first-order chi connectivity index (χ1) is 17.4. The van der Waals surface area contributed by atoms with Crippen LogP contribution in [0.2, 0.25) is 5.02 Å². The number of hydrogen-bond donors (Lipinski definition) is 1. The third-order valence-electron chi connectivity index (χ3n) is 6.55. The van der Waals surface area contributed by atoms with Crippen LogP contribution in [0, 0.1) is 29.5 Å². The number of aromatic nitrogens is 3. The second-order valence-corrected chi connectivity index (χ2v) is 9.59. The van der Waals surface area contributed by atoms with Crippen LogP contribution < -0.4 is 5.32 Å². The molecule has 1 fully saturated rings. The van der Waals surface area contributed by atoms with Crippen LogP contribution in [0.1, 0.15) is 67.1 Å².